The Labute approximate surface area is 127 Å². The molecule has 0 saturated heterocycles. The van der Waals surface area contributed by atoms with Crippen molar-refractivity contribution in [3.63, 3.8) is 0 Å². The number of hydrogen-bond donors (Lipinski definition) is 1. The highest BCUT2D eigenvalue weighted by molar-refractivity contribution is 7.09. The minimum Gasteiger partial charge on any atom is -0.305 e. The van der Waals surface area contributed by atoms with E-state index in [1.54, 1.807) is 11.3 Å². The number of halogens is 2. The van der Waals surface area contributed by atoms with E-state index in [-0.39, 0.29) is 6.04 Å². The highest BCUT2D eigenvalue weighted by Gasteiger charge is 2.21. The monoisotopic (exact) mass is 314 g/mol. The Morgan fingerprint density at radius 2 is 2.16 bits per heavy atom. The molecule has 2 nitrogen and oxygen atoms in total. The van der Waals surface area contributed by atoms with Crippen molar-refractivity contribution in [1.29, 1.82) is 0 Å². The van der Waals surface area contributed by atoms with Crippen molar-refractivity contribution in [1.82, 2.24) is 10.3 Å². The summed E-state index contributed by atoms with van der Waals surface area (Å²) in [6, 6.07) is 5.81. The number of nitrogens with one attached hydrogen (secondary N) is 1. The fourth-order valence-corrected chi connectivity index (χ4v) is 3.27. The molecule has 2 aromatic rings. The molecular weight excluding hydrogens is 299 g/mol. The van der Waals surface area contributed by atoms with Gasteiger partial charge in [0.2, 0.25) is 0 Å². The van der Waals surface area contributed by atoms with Gasteiger partial charge in [0, 0.05) is 4.88 Å². The van der Waals surface area contributed by atoms with Crippen LogP contribution >= 0.6 is 34.5 Å². The van der Waals surface area contributed by atoms with Crippen LogP contribution in [0, 0.1) is 6.92 Å². The van der Waals surface area contributed by atoms with Crippen molar-refractivity contribution < 1.29 is 0 Å². The molecule has 1 atom stereocenters. The van der Waals surface area contributed by atoms with Crippen LogP contribution in [0.2, 0.25) is 10.0 Å². The summed E-state index contributed by atoms with van der Waals surface area (Å²) in [6.07, 6.45) is 1.06. The number of benzene rings is 1. The molecule has 0 spiro atoms. The SMILES string of the molecule is CCCNC(c1cccc(Cl)c1Cl)c1scnc1C. The van der Waals surface area contributed by atoms with Crippen molar-refractivity contribution in [2.24, 2.45) is 0 Å². The summed E-state index contributed by atoms with van der Waals surface area (Å²) in [7, 11) is 0. The molecule has 0 aliphatic heterocycles. The molecule has 1 heterocycles. The van der Waals surface area contributed by atoms with Gasteiger partial charge in [-0.25, -0.2) is 4.98 Å². The molecule has 1 aromatic carbocycles. The lowest BCUT2D eigenvalue weighted by atomic mass is 10.0. The minimum absolute atomic E-state index is 0.0543. The van der Waals surface area contributed by atoms with Crippen LogP contribution in [-0.2, 0) is 0 Å². The van der Waals surface area contributed by atoms with Crippen molar-refractivity contribution in [2.45, 2.75) is 26.3 Å². The molecule has 0 saturated carbocycles. The van der Waals surface area contributed by atoms with Gasteiger partial charge in [0.25, 0.3) is 0 Å². The van der Waals surface area contributed by atoms with E-state index in [0.717, 1.165) is 24.2 Å². The summed E-state index contributed by atoms with van der Waals surface area (Å²) in [6.45, 7) is 5.08. The summed E-state index contributed by atoms with van der Waals surface area (Å²) >= 11 is 14.1. The predicted octanol–water partition coefficient (Wildman–Crippen LogP) is 4.85. The van der Waals surface area contributed by atoms with Crippen LogP contribution in [0.4, 0.5) is 0 Å². The van der Waals surface area contributed by atoms with Crippen LogP contribution in [0.15, 0.2) is 23.7 Å². The number of aromatic nitrogens is 1. The van der Waals surface area contributed by atoms with E-state index < -0.39 is 0 Å². The Morgan fingerprint density at radius 3 is 2.79 bits per heavy atom. The van der Waals surface area contributed by atoms with Gasteiger partial charge in [0.05, 0.1) is 27.3 Å². The van der Waals surface area contributed by atoms with E-state index in [1.165, 1.54) is 4.88 Å². The molecule has 0 aliphatic rings. The summed E-state index contributed by atoms with van der Waals surface area (Å²) < 4.78 is 0. The van der Waals surface area contributed by atoms with Gasteiger partial charge in [0.15, 0.2) is 0 Å². The first kappa shape index (κ1) is 14.8. The van der Waals surface area contributed by atoms with E-state index >= 15 is 0 Å². The minimum atomic E-state index is 0.0543. The van der Waals surface area contributed by atoms with Crippen molar-refractivity contribution in [2.75, 3.05) is 6.54 Å². The first-order valence-electron chi connectivity index (χ1n) is 6.22. The number of thiazole rings is 1. The molecule has 0 bridgehead atoms. The van der Waals surface area contributed by atoms with E-state index in [9.17, 15) is 0 Å². The molecule has 2 rings (SSSR count). The summed E-state index contributed by atoms with van der Waals surface area (Å²) in [5.74, 6) is 0. The number of aryl methyl sites for hydroxylation is 1. The molecule has 1 aromatic heterocycles. The number of rotatable bonds is 5. The molecule has 102 valence electrons. The maximum absolute atomic E-state index is 6.35. The second kappa shape index (κ2) is 6.71. The Kier molecular flexibility index (Phi) is 5.22. The van der Waals surface area contributed by atoms with Gasteiger partial charge in [0.1, 0.15) is 0 Å². The Morgan fingerprint density at radius 1 is 1.37 bits per heavy atom. The fraction of sp³-hybridized carbons (Fsp3) is 0.357. The molecule has 0 radical (unpaired) electrons. The lowest BCUT2D eigenvalue weighted by Crippen LogP contribution is -2.23. The molecular formula is C14H16Cl2N2S. The first-order chi connectivity index (χ1) is 9.15. The Bertz CT molecular complexity index is 554. The smallest absolute Gasteiger partial charge is 0.0798 e. The third kappa shape index (κ3) is 3.29. The van der Waals surface area contributed by atoms with Crippen molar-refractivity contribution in [3.05, 3.63) is 49.9 Å². The fourth-order valence-electron chi connectivity index (χ4n) is 1.96. The normalized spacial score (nSPS) is 12.6. The summed E-state index contributed by atoms with van der Waals surface area (Å²) in [5.41, 5.74) is 3.91. The maximum Gasteiger partial charge on any atom is 0.0798 e. The standard InChI is InChI=1S/C14H16Cl2N2S/c1-3-7-17-13(14-9(2)18-8-19-14)10-5-4-6-11(15)12(10)16/h4-6,8,13,17H,3,7H2,1-2H3. The van der Waals surface area contributed by atoms with E-state index in [4.69, 9.17) is 23.2 Å². The van der Waals surface area contributed by atoms with Crippen LogP contribution in [-0.4, -0.2) is 11.5 Å². The van der Waals surface area contributed by atoms with Gasteiger partial charge >= 0.3 is 0 Å². The van der Waals surface area contributed by atoms with Crippen LogP contribution in [0.1, 0.15) is 35.5 Å². The van der Waals surface area contributed by atoms with E-state index in [0.29, 0.717) is 10.0 Å². The molecule has 0 fully saturated rings. The predicted molar refractivity (Wildman–Crippen MR) is 83.4 cm³/mol. The Balaban J connectivity index is 2.43. The number of hydrogen-bond acceptors (Lipinski definition) is 3. The molecule has 0 aliphatic carbocycles. The average molecular weight is 315 g/mol. The molecule has 1 unspecified atom stereocenters. The third-order valence-corrected chi connectivity index (χ3v) is 4.77. The zero-order valence-corrected chi connectivity index (χ0v) is 13.2. The van der Waals surface area contributed by atoms with Crippen LogP contribution < -0.4 is 5.32 Å². The molecule has 19 heavy (non-hydrogen) atoms. The highest BCUT2D eigenvalue weighted by atomic mass is 35.5. The quantitative estimate of drug-likeness (QED) is 0.853. The largest absolute Gasteiger partial charge is 0.305 e. The highest BCUT2D eigenvalue weighted by Crippen LogP contribution is 2.35. The van der Waals surface area contributed by atoms with Gasteiger partial charge in [-0.05, 0) is 31.5 Å². The van der Waals surface area contributed by atoms with Crippen LogP contribution in [0.3, 0.4) is 0 Å². The maximum atomic E-state index is 6.35. The van der Waals surface area contributed by atoms with Crippen LogP contribution in [0.5, 0.6) is 0 Å². The number of nitrogens with zero attached hydrogens (tertiary/aromatic N) is 1. The summed E-state index contributed by atoms with van der Waals surface area (Å²) in [5, 5.41) is 4.73. The van der Waals surface area contributed by atoms with E-state index in [1.807, 2.05) is 30.6 Å². The lowest BCUT2D eigenvalue weighted by Gasteiger charge is -2.20. The van der Waals surface area contributed by atoms with Gasteiger partial charge in [-0.15, -0.1) is 11.3 Å². The second-order valence-electron chi connectivity index (χ2n) is 4.33. The van der Waals surface area contributed by atoms with Crippen molar-refractivity contribution >= 4 is 34.5 Å². The second-order valence-corrected chi connectivity index (χ2v) is 6.00. The van der Waals surface area contributed by atoms with Gasteiger partial charge in [-0.3, -0.25) is 0 Å². The zero-order valence-electron chi connectivity index (χ0n) is 10.9. The lowest BCUT2D eigenvalue weighted by molar-refractivity contribution is 0.603. The molecule has 5 heteroatoms. The molecule has 1 N–H and O–H groups in total. The summed E-state index contributed by atoms with van der Waals surface area (Å²) in [4.78, 5) is 5.52. The van der Waals surface area contributed by atoms with E-state index in [2.05, 4.69) is 17.2 Å². The van der Waals surface area contributed by atoms with Gasteiger partial charge in [-0.2, -0.15) is 0 Å². The molecule has 0 amide bonds. The van der Waals surface area contributed by atoms with Crippen LogP contribution in [0.25, 0.3) is 0 Å². The topological polar surface area (TPSA) is 24.9 Å². The third-order valence-electron chi connectivity index (χ3n) is 2.94. The van der Waals surface area contributed by atoms with Gasteiger partial charge in [-0.1, -0.05) is 42.3 Å². The first-order valence-corrected chi connectivity index (χ1v) is 7.86. The zero-order chi connectivity index (χ0) is 13.8. The average Bonchev–Trinajstić information content (AvgIpc) is 2.81. The van der Waals surface area contributed by atoms with Crippen molar-refractivity contribution in [3.8, 4) is 0 Å². The van der Waals surface area contributed by atoms with Gasteiger partial charge < -0.3 is 5.32 Å². The Hall–Kier alpha value is -0.610.